The average Bonchev–Trinajstić information content (AvgIpc) is 3.09. The van der Waals surface area contributed by atoms with Gasteiger partial charge >= 0.3 is 0 Å². The standard InChI is InChI=1S/C17H21N5O3/c23-16(18-10-13-5-2-1-3-6-13)11-21-12-19-17(20-21)14-7-4-8-15(9-14)22(24)25/h4,7-9,12-13H,1-3,5-6,10-11H2,(H,18,23). The van der Waals surface area contributed by atoms with Crippen molar-refractivity contribution in [2.24, 2.45) is 5.92 Å². The summed E-state index contributed by atoms with van der Waals surface area (Å²) in [7, 11) is 0. The summed E-state index contributed by atoms with van der Waals surface area (Å²) >= 11 is 0. The zero-order chi connectivity index (χ0) is 17.6. The van der Waals surface area contributed by atoms with Crippen LogP contribution in [-0.4, -0.2) is 32.1 Å². The number of carbonyl (C=O) groups excluding carboxylic acids is 1. The molecule has 0 unspecified atom stereocenters. The van der Waals surface area contributed by atoms with Gasteiger partial charge in [0.25, 0.3) is 5.69 Å². The average molecular weight is 343 g/mol. The maximum atomic E-state index is 12.1. The largest absolute Gasteiger partial charge is 0.354 e. The highest BCUT2D eigenvalue weighted by Gasteiger charge is 2.15. The predicted molar refractivity (Wildman–Crippen MR) is 91.7 cm³/mol. The van der Waals surface area contributed by atoms with Crippen molar-refractivity contribution in [1.29, 1.82) is 0 Å². The van der Waals surface area contributed by atoms with Crippen molar-refractivity contribution in [1.82, 2.24) is 20.1 Å². The first kappa shape index (κ1) is 17.1. The number of amides is 1. The lowest BCUT2D eigenvalue weighted by Gasteiger charge is -2.21. The molecule has 0 bridgehead atoms. The zero-order valence-electron chi connectivity index (χ0n) is 13.9. The Balaban J connectivity index is 1.56. The van der Waals surface area contributed by atoms with Crippen LogP contribution in [-0.2, 0) is 11.3 Å². The minimum Gasteiger partial charge on any atom is -0.354 e. The molecular formula is C17H21N5O3. The molecule has 25 heavy (non-hydrogen) atoms. The van der Waals surface area contributed by atoms with Crippen LogP contribution in [0.25, 0.3) is 11.4 Å². The van der Waals surface area contributed by atoms with Gasteiger partial charge in [-0.2, -0.15) is 5.10 Å². The molecule has 1 aromatic heterocycles. The molecule has 1 aromatic carbocycles. The van der Waals surface area contributed by atoms with Gasteiger partial charge in [-0.05, 0) is 18.8 Å². The van der Waals surface area contributed by atoms with E-state index in [-0.39, 0.29) is 18.1 Å². The number of non-ortho nitro benzene ring substituents is 1. The Morgan fingerprint density at radius 3 is 2.88 bits per heavy atom. The number of aromatic nitrogens is 3. The van der Waals surface area contributed by atoms with Crippen LogP contribution in [0.3, 0.4) is 0 Å². The summed E-state index contributed by atoms with van der Waals surface area (Å²) in [5.74, 6) is 0.846. The van der Waals surface area contributed by atoms with Gasteiger partial charge in [0.2, 0.25) is 5.91 Å². The number of hydrogen-bond donors (Lipinski definition) is 1. The molecule has 0 spiro atoms. The fraction of sp³-hybridized carbons (Fsp3) is 0.471. The van der Waals surface area contributed by atoms with Crippen LogP contribution in [0.5, 0.6) is 0 Å². The van der Waals surface area contributed by atoms with Crippen LogP contribution < -0.4 is 5.32 Å². The van der Waals surface area contributed by atoms with Crippen molar-refractivity contribution in [2.75, 3.05) is 6.54 Å². The lowest BCUT2D eigenvalue weighted by Crippen LogP contribution is -2.32. The highest BCUT2D eigenvalue weighted by molar-refractivity contribution is 5.75. The number of nitro benzene ring substituents is 1. The fourth-order valence-corrected chi connectivity index (χ4v) is 3.11. The third-order valence-electron chi connectivity index (χ3n) is 4.47. The number of carbonyl (C=O) groups is 1. The van der Waals surface area contributed by atoms with E-state index >= 15 is 0 Å². The lowest BCUT2D eigenvalue weighted by atomic mass is 9.89. The van der Waals surface area contributed by atoms with E-state index in [9.17, 15) is 14.9 Å². The van der Waals surface area contributed by atoms with E-state index in [0.29, 0.717) is 23.9 Å². The number of hydrogen-bond acceptors (Lipinski definition) is 5. The van der Waals surface area contributed by atoms with E-state index in [0.717, 1.165) is 0 Å². The Bertz CT molecular complexity index is 752. The summed E-state index contributed by atoms with van der Waals surface area (Å²) < 4.78 is 1.45. The summed E-state index contributed by atoms with van der Waals surface area (Å²) in [5, 5.41) is 18.0. The summed E-state index contributed by atoms with van der Waals surface area (Å²) in [6, 6.07) is 6.13. The van der Waals surface area contributed by atoms with Crippen molar-refractivity contribution < 1.29 is 9.72 Å². The van der Waals surface area contributed by atoms with Gasteiger partial charge in [0.05, 0.1) is 4.92 Å². The number of benzene rings is 1. The summed E-state index contributed by atoms with van der Waals surface area (Å²) in [4.78, 5) is 26.6. The second-order valence-electron chi connectivity index (χ2n) is 6.38. The summed E-state index contributed by atoms with van der Waals surface area (Å²) in [6.45, 7) is 0.805. The van der Waals surface area contributed by atoms with Crippen molar-refractivity contribution in [3.63, 3.8) is 0 Å². The van der Waals surface area contributed by atoms with Crippen LogP contribution in [0.2, 0.25) is 0 Å². The van der Waals surface area contributed by atoms with Gasteiger partial charge in [-0.3, -0.25) is 14.9 Å². The monoisotopic (exact) mass is 343 g/mol. The van der Waals surface area contributed by atoms with Crippen LogP contribution in [0, 0.1) is 16.0 Å². The molecule has 132 valence electrons. The molecule has 1 aliphatic rings. The molecule has 8 nitrogen and oxygen atoms in total. The first-order valence-corrected chi connectivity index (χ1v) is 8.53. The van der Waals surface area contributed by atoms with Gasteiger partial charge in [0, 0.05) is 24.2 Å². The second kappa shape index (κ2) is 7.87. The fourth-order valence-electron chi connectivity index (χ4n) is 3.11. The molecule has 0 atom stereocenters. The maximum Gasteiger partial charge on any atom is 0.270 e. The van der Waals surface area contributed by atoms with Crippen molar-refractivity contribution in [2.45, 2.75) is 38.6 Å². The van der Waals surface area contributed by atoms with Crippen LogP contribution in [0.15, 0.2) is 30.6 Å². The molecule has 8 heteroatoms. The Morgan fingerprint density at radius 2 is 2.12 bits per heavy atom. The SMILES string of the molecule is O=C(Cn1cnc(-c2cccc([N+](=O)[O-])c2)n1)NCC1CCCCC1. The van der Waals surface area contributed by atoms with Gasteiger partial charge < -0.3 is 5.32 Å². The van der Waals surface area contributed by atoms with E-state index in [4.69, 9.17) is 0 Å². The molecule has 1 fully saturated rings. The highest BCUT2D eigenvalue weighted by Crippen LogP contribution is 2.23. The molecular weight excluding hydrogens is 322 g/mol. The summed E-state index contributed by atoms with van der Waals surface area (Å²) in [6.07, 6.45) is 7.62. The van der Waals surface area contributed by atoms with E-state index in [1.165, 1.54) is 55.2 Å². The number of nitrogens with zero attached hydrogens (tertiary/aromatic N) is 4. The minimum absolute atomic E-state index is 0.0147. The number of nitro groups is 1. The molecule has 1 aliphatic carbocycles. The predicted octanol–water partition coefficient (Wildman–Crippen LogP) is 2.55. The highest BCUT2D eigenvalue weighted by atomic mass is 16.6. The molecule has 1 heterocycles. The van der Waals surface area contributed by atoms with Gasteiger partial charge in [-0.25, -0.2) is 9.67 Å². The first-order chi connectivity index (χ1) is 12.1. The molecule has 0 aliphatic heterocycles. The van der Waals surface area contributed by atoms with Crippen LogP contribution in [0.4, 0.5) is 5.69 Å². The normalized spacial score (nSPS) is 15.0. The smallest absolute Gasteiger partial charge is 0.270 e. The summed E-state index contributed by atoms with van der Waals surface area (Å²) in [5.41, 5.74) is 0.537. The van der Waals surface area contributed by atoms with Crippen molar-refractivity contribution in [3.8, 4) is 11.4 Å². The zero-order valence-corrected chi connectivity index (χ0v) is 13.9. The molecule has 0 saturated heterocycles. The third kappa shape index (κ3) is 4.62. The van der Waals surface area contributed by atoms with Crippen molar-refractivity contribution >= 4 is 11.6 Å². The molecule has 1 saturated carbocycles. The van der Waals surface area contributed by atoms with E-state index in [2.05, 4.69) is 15.4 Å². The molecule has 0 radical (unpaired) electrons. The number of rotatable bonds is 6. The van der Waals surface area contributed by atoms with Crippen LogP contribution in [0.1, 0.15) is 32.1 Å². The first-order valence-electron chi connectivity index (χ1n) is 8.53. The van der Waals surface area contributed by atoms with Gasteiger partial charge in [-0.1, -0.05) is 31.4 Å². The molecule has 1 amide bonds. The molecule has 2 aromatic rings. The Hall–Kier alpha value is -2.77. The van der Waals surface area contributed by atoms with Gasteiger partial charge in [0.15, 0.2) is 5.82 Å². The van der Waals surface area contributed by atoms with Crippen LogP contribution >= 0.6 is 0 Å². The van der Waals surface area contributed by atoms with Gasteiger partial charge in [-0.15, -0.1) is 0 Å². The van der Waals surface area contributed by atoms with Crippen molar-refractivity contribution in [3.05, 3.63) is 40.7 Å². The van der Waals surface area contributed by atoms with E-state index in [1.54, 1.807) is 12.1 Å². The van der Waals surface area contributed by atoms with E-state index < -0.39 is 4.92 Å². The second-order valence-corrected chi connectivity index (χ2v) is 6.38. The maximum absolute atomic E-state index is 12.1. The Morgan fingerprint density at radius 1 is 1.32 bits per heavy atom. The quantitative estimate of drug-likeness (QED) is 0.641. The molecule has 3 rings (SSSR count). The Labute approximate surface area is 145 Å². The third-order valence-corrected chi connectivity index (χ3v) is 4.47. The van der Waals surface area contributed by atoms with E-state index in [1.807, 2.05) is 0 Å². The minimum atomic E-state index is -0.459. The molecule has 1 N–H and O–H groups in total. The Kier molecular flexibility index (Phi) is 5.37. The van der Waals surface area contributed by atoms with Gasteiger partial charge in [0.1, 0.15) is 12.9 Å². The number of nitrogens with one attached hydrogen (secondary N) is 1. The topological polar surface area (TPSA) is 103 Å². The lowest BCUT2D eigenvalue weighted by molar-refractivity contribution is -0.384.